The number of piperidine rings is 1. The molecule has 130 valence electrons. The van der Waals surface area contributed by atoms with E-state index in [-0.39, 0.29) is 29.4 Å². The molecule has 1 aliphatic rings. The Hall–Kier alpha value is -2.28. The van der Waals surface area contributed by atoms with E-state index in [2.05, 4.69) is 10.6 Å². The molecule has 2 rings (SSSR count). The summed E-state index contributed by atoms with van der Waals surface area (Å²) in [7, 11) is 1.50. The van der Waals surface area contributed by atoms with Crippen LogP contribution in [-0.2, 0) is 4.79 Å². The second-order valence-corrected chi connectivity index (χ2v) is 6.39. The second kappa shape index (κ2) is 7.53. The van der Waals surface area contributed by atoms with Gasteiger partial charge in [0.15, 0.2) is 0 Å². The van der Waals surface area contributed by atoms with Crippen molar-refractivity contribution in [3.8, 4) is 0 Å². The lowest BCUT2D eigenvalue weighted by Gasteiger charge is -2.34. The van der Waals surface area contributed by atoms with Crippen LogP contribution < -0.4 is 10.6 Å². The van der Waals surface area contributed by atoms with Crippen molar-refractivity contribution in [1.82, 2.24) is 10.2 Å². The third-order valence-electron chi connectivity index (χ3n) is 3.99. The first-order chi connectivity index (χ1) is 11.3. The lowest BCUT2D eigenvalue weighted by Crippen LogP contribution is -2.47. The van der Waals surface area contributed by atoms with Crippen LogP contribution >= 0.6 is 11.6 Å². The molecule has 2 atom stereocenters. The van der Waals surface area contributed by atoms with E-state index < -0.39 is 11.9 Å². The SMILES string of the molecule is CNC(=O)c1ccc(NC(=O)N2CC(C)CC(C(=O)O)C2)cc1Cl. The van der Waals surface area contributed by atoms with E-state index in [4.69, 9.17) is 11.6 Å². The number of nitrogens with zero attached hydrogens (tertiary/aromatic N) is 1. The Morgan fingerprint density at radius 3 is 2.58 bits per heavy atom. The van der Waals surface area contributed by atoms with Crippen molar-refractivity contribution in [1.29, 1.82) is 0 Å². The van der Waals surface area contributed by atoms with Gasteiger partial charge in [-0.15, -0.1) is 0 Å². The van der Waals surface area contributed by atoms with Gasteiger partial charge in [0.25, 0.3) is 5.91 Å². The lowest BCUT2D eigenvalue weighted by atomic mass is 9.91. The zero-order valence-electron chi connectivity index (χ0n) is 13.5. The summed E-state index contributed by atoms with van der Waals surface area (Å²) in [6, 6.07) is 4.22. The molecule has 3 amide bonds. The van der Waals surface area contributed by atoms with Gasteiger partial charge in [0.1, 0.15) is 0 Å². The summed E-state index contributed by atoms with van der Waals surface area (Å²) in [5, 5.41) is 14.6. The molecule has 1 aliphatic heterocycles. The Labute approximate surface area is 145 Å². The van der Waals surface area contributed by atoms with Gasteiger partial charge in [-0.05, 0) is 30.5 Å². The van der Waals surface area contributed by atoms with Crippen molar-refractivity contribution in [2.24, 2.45) is 11.8 Å². The number of amides is 3. The third-order valence-corrected chi connectivity index (χ3v) is 4.30. The highest BCUT2D eigenvalue weighted by Crippen LogP contribution is 2.24. The van der Waals surface area contributed by atoms with E-state index in [1.165, 1.54) is 24.1 Å². The summed E-state index contributed by atoms with van der Waals surface area (Å²) in [6.07, 6.45) is 0.561. The molecule has 8 heteroatoms. The smallest absolute Gasteiger partial charge is 0.321 e. The van der Waals surface area contributed by atoms with Crippen molar-refractivity contribution in [3.05, 3.63) is 28.8 Å². The molecule has 1 aromatic carbocycles. The van der Waals surface area contributed by atoms with E-state index in [0.29, 0.717) is 24.2 Å². The highest BCUT2D eigenvalue weighted by molar-refractivity contribution is 6.34. The number of hydrogen-bond donors (Lipinski definition) is 3. The fourth-order valence-corrected chi connectivity index (χ4v) is 3.08. The Bertz CT molecular complexity index is 665. The van der Waals surface area contributed by atoms with E-state index in [1.807, 2.05) is 6.92 Å². The highest BCUT2D eigenvalue weighted by Gasteiger charge is 2.31. The summed E-state index contributed by atoms with van der Waals surface area (Å²) in [6.45, 7) is 2.60. The number of carboxylic acid groups (broad SMARTS) is 1. The molecule has 0 aromatic heterocycles. The molecule has 0 radical (unpaired) electrons. The van der Waals surface area contributed by atoms with Crippen molar-refractivity contribution in [2.75, 3.05) is 25.5 Å². The zero-order chi connectivity index (χ0) is 17.9. The fraction of sp³-hybridized carbons (Fsp3) is 0.438. The van der Waals surface area contributed by atoms with Crippen molar-refractivity contribution >= 4 is 35.2 Å². The normalized spacial score (nSPS) is 20.4. The van der Waals surface area contributed by atoms with Gasteiger partial charge in [0.05, 0.1) is 16.5 Å². The summed E-state index contributed by atoms with van der Waals surface area (Å²) in [4.78, 5) is 36.7. The lowest BCUT2D eigenvalue weighted by molar-refractivity contribution is -0.143. The molecule has 1 heterocycles. The van der Waals surface area contributed by atoms with Crippen LogP contribution in [0.15, 0.2) is 18.2 Å². The van der Waals surface area contributed by atoms with Gasteiger partial charge in [-0.25, -0.2) is 4.79 Å². The minimum absolute atomic E-state index is 0.116. The van der Waals surface area contributed by atoms with Crippen molar-refractivity contribution < 1.29 is 19.5 Å². The van der Waals surface area contributed by atoms with Crippen LogP contribution in [0.25, 0.3) is 0 Å². The second-order valence-electron chi connectivity index (χ2n) is 5.98. The first-order valence-corrected chi connectivity index (χ1v) is 8.00. The molecule has 0 bridgehead atoms. The molecular weight excluding hydrogens is 334 g/mol. The topological polar surface area (TPSA) is 98.7 Å². The molecular formula is C16H20ClN3O4. The van der Waals surface area contributed by atoms with Gasteiger partial charge < -0.3 is 20.6 Å². The monoisotopic (exact) mass is 353 g/mol. The Morgan fingerprint density at radius 2 is 2.00 bits per heavy atom. The molecule has 3 N–H and O–H groups in total. The maximum atomic E-state index is 12.4. The Balaban J connectivity index is 2.07. The highest BCUT2D eigenvalue weighted by atomic mass is 35.5. The minimum atomic E-state index is -0.891. The summed E-state index contributed by atoms with van der Waals surface area (Å²) in [5.74, 6) is -1.65. The number of likely N-dealkylation sites (tertiary alicyclic amines) is 1. The van der Waals surface area contributed by atoms with E-state index in [9.17, 15) is 19.5 Å². The van der Waals surface area contributed by atoms with Gasteiger partial charge in [-0.1, -0.05) is 18.5 Å². The van der Waals surface area contributed by atoms with Gasteiger partial charge in [-0.2, -0.15) is 0 Å². The molecule has 2 unspecified atom stereocenters. The van der Waals surface area contributed by atoms with Crippen LogP contribution in [0.3, 0.4) is 0 Å². The van der Waals surface area contributed by atoms with Gasteiger partial charge in [-0.3, -0.25) is 9.59 Å². The van der Waals surface area contributed by atoms with E-state index >= 15 is 0 Å². The predicted molar refractivity (Wildman–Crippen MR) is 90.3 cm³/mol. The van der Waals surface area contributed by atoms with E-state index in [1.54, 1.807) is 6.07 Å². The molecule has 0 spiro atoms. The maximum Gasteiger partial charge on any atom is 0.321 e. The van der Waals surface area contributed by atoms with Gasteiger partial charge >= 0.3 is 12.0 Å². The molecule has 1 fully saturated rings. The number of urea groups is 1. The number of carbonyl (C=O) groups excluding carboxylic acids is 2. The number of carboxylic acids is 1. The zero-order valence-corrected chi connectivity index (χ0v) is 14.3. The van der Waals surface area contributed by atoms with Crippen LogP contribution in [0.4, 0.5) is 10.5 Å². The summed E-state index contributed by atoms with van der Waals surface area (Å²) >= 11 is 6.06. The number of halogens is 1. The number of anilines is 1. The van der Waals surface area contributed by atoms with Crippen LogP contribution in [0, 0.1) is 11.8 Å². The number of hydrogen-bond acceptors (Lipinski definition) is 3. The van der Waals surface area contributed by atoms with Crippen molar-refractivity contribution in [3.63, 3.8) is 0 Å². The quantitative estimate of drug-likeness (QED) is 0.776. The van der Waals surface area contributed by atoms with Crippen LogP contribution in [0.1, 0.15) is 23.7 Å². The number of benzene rings is 1. The summed E-state index contributed by atoms with van der Waals surface area (Å²) in [5.41, 5.74) is 0.762. The van der Waals surface area contributed by atoms with Crippen LogP contribution in [0.2, 0.25) is 5.02 Å². The average molecular weight is 354 g/mol. The number of rotatable bonds is 3. The number of nitrogens with one attached hydrogen (secondary N) is 2. The minimum Gasteiger partial charge on any atom is -0.481 e. The molecule has 0 aliphatic carbocycles. The number of aliphatic carboxylic acids is 1. The Kier molecular flexibility index (Phi) is 5.66. The average Bonchev–Trinajstić information content (AvgIpc) is 2.53. The van der Waals surface area contributed by atoms with Crippen LogP contribution in [0.5, 0.6) is 0 Å². The molecule has 1 saturated heterocycles. The van der Waals surface area contributed by atoms with Crippen LogP contribution in [-0.4, -0.2) is 48.1 Å². The largest absolute Gasteiger partial charge is 0.481 e. The summed E-state index contributed by atoms with van der Waals surface area (Å²) < 4.78 is 0. The van der Waals surface area contributed by atoms with E-state index in [0.717, 1.165) is 0 Å². The molecule has 24 heavy (non-hydrogen) atoms. The maximum absolute atomic E-state index is 12.4. The molecule has 7 nitrogen and oxygen atoms in total. The Morgan fingerprint density at radius 1 is 1.29 bits per heavy atom. The first-order valence-electron chi connectivity index (χ1n) is 7.62. The van der Waals surface area contributed by atoms with Crippen molar-refractivity contribution in [2.45, 2.75) is 13.3 Å². The molecule has 1 aromatic rings. The first kappa shape index (κ1) is 18.1. The number of carbonyl (C=O) groups is 3. The third kappa shape index (κ3) is 4.17. The van der Waals surface area contributed by atoms with Gasteiger partial charge in [0.2, 0.25) is 0 Å². The fourth-order valence-electron chi connectivity index (χ4n) is 2.81. The van der Waals surface area contributed by atoms with Gasteiger partial charge in [0, 0.05) is 25.8 Å². The molecule has 0 saturated carbocycles. The predicted octanol–water partition coefficient (Wildman–Crippen LogP) is 2.27. The standard InChI is InChI=1S/C16H20ClN3O4/c1-9-5-10(15(22)23)8-20(7-9)16(24)19-11-3-4-12(13(17)6-11)14(21)18-2/h3-4,6,9-10H,5,7-8H2,1-2H3,(H,18,21)(H,19,24)(H,22,23).